The minimum atomic E-state index is -0.392. The molecule has 6 heteroatoms. The number of methoxy groups -OCH3 is 1. The number of pyridine rings is 1. The number of benzene rings is 3. The van der Waals surface area contributed by atoms with Gasteiger partial charge in [0.05, 0.1) is 0 Å². The van der Waals surface area contributed by atoms with Crippen LogP contribution in [0, 0.1) is 32.4 Å². The molecular weight excluding hydrogens is 460 g/mol. The van der Waals surface area contributed by atoms with Crippen molar-refractivity contribution in [2.45, 2.75) is 33.8 Å². The maximum absolute atomic E-state index is 15.3. The molecule has 3 aromatic carbocycles. The SMILES string of the molecule is COCOc1ccc(Cc2c(C)cc(OCc3ccccc3)c(F)c2C)nc1-c1cccc(C)c1F. The van der Waals surface area contributed by atoms with Crippen LogP contribution in [-0.2, 0) is 17.8 Å². The molecule has 4 rings (SSSR count). The van der Waals surface area contributed by atoms with Gasteiger partial charge >= 0.3 is 0 Å². The van der Waals surface area contributed by atoms with Crippen LogP contribution >= 0.6 is 0 Å². The molecule has 0 saturated heterocycles. The lowest BCUT2D eigenvalue weighted by molar-refractivity contribution is 0.0513. The maximum Gasteiger partial charge on any atom is 0.188 e. The lowest BCUT2D eigenvalue weighted by Gasteiger charge is -2.17. The van der Waals surface area contributed by atoms with Crippen molar-refractivity contribution in [3.63, 3.8) is 0 Å². The fourth-order valence-corrected chi connectivity index (χ4v) is 4.10. The zero-order valence-corrected chi connectivity index (χ0v) is 20.9. The number of nitrogens with zero attached hydrogens (tertiary/aromatic N) is 1. The highest BCUT2D eigenvalue weighted by Gasteiger charge is 2.19. The number of aromatic nitrogens is 1. The summed E-state index contributed by atoms with van der Waals surface area (Å²) in [6, 6.07) is 20.1. The summed E-state index contributed by atoms with van der Waals surface area (Å²) in [5.74, 6) is -0.120. The Kier molecular flexibility index (Phi) is 7.96. The van der Waals surface area contributed by atoms with Crippen LogP contribution in [0.2, 0.25) is 0 Å². The molecule has 0 aliphatic carbocycles. The van der Waals surface area contributed by atoms with E-state index in [4.69, 9.17) is 19.2 Å². The van der Waals surface area contributed by atoms with Crippen LogP contribution in [0.15, 0.2) is 66.7 Å². The second-order valence-corrected chi connectivity index (χ2v) is 8.70. The molecule has 0 fully saturated rings. The van der Waals surface area contributed by atoms with Crippen LogP contribution in [-0.4, -0.2) is 18.9 Å². The van der Waals surface area contributed by atoms with E-state index in [0.29, 0.717) is 40.2 Å². The first-order valence-electron chi connectivity index (χ1n) is 11.7. The van der Waals surface area contributed by atoms with Gasteiger partial charge in [0.1, 0.15) is 23.9 Å². The Morgan fingerprint density at radius 1 is 0.778 bits per heavy atom. The van der Waals surface area contributed by atoms with Gasteiger partial charge in [-0.15, -0.1) is 0 Å². The van der Waals surface area contributed by atoms with Gasteiger partial charge in [0, 0.05) is 24.8 Å². The molecule has 0 saturated carbocycles. The van der Waals surface area contributed by atoms with Crippen LogP contribution in [0.3, 0.4) is 0 Å². The Balaban J connectivity index is 1.65. The van der Waals surface area contributed by atoms with Gasteiger partial charge in [-0.3, -0.25) is 0 Å². The number of hydrogen-bond acceptors (Lipinski definition) is 4. The predicted molar refractivity (Wildman–Crippen MR) is 136 cm³/mol. The van der Waals surface area contributed by atoms with Crippen LogP contribution < -0.4 is 9.47 Å². The van der Waals surface area contributed by atoms with E-state index < -0.39 is 5.82 Å². The molecule has 1 heterocycles. The van der Waals surface area contributed by atoms with Gasteiger partial charge in [0.15, 0.2) is 18.4 Å². The smallest absolute Gasteiger partial charge is 0.188 e. The van der Waals surface area contributed by atoms with Crippen LogP contribution in [0.4, 0.5) is 8.78 Å². The highest BCUT2D eigenvalue weighted by molar-refractivity contribution is 5.68. The largest absolute Gasteiger partial charge is 0.486 e. The van der Waals surface area contributed by atoms with E-state index in [0.717, 1.165) is 16.7 Å². The van der Waals surface area contributed by atoms with Crippen molar-refractivity contribution in [2.24, 2.45) is 0 Å². The van der Waals surface area contributed by atoms with Crippen LogP contribution in [0.1, 0.15) is 33.5 Å². The summed E-state index contributed by atoms with van der Waals surface area (Å²) >= 11 is 0. The zero-order chi connectivity index (χ0) is 25.7. The van der Waals surface area contributed by atoms with Gasteiger partial charge in [-0.1, -0.05) is 42.5 Å². The van der Waals surface area contributed by atoms with Crippen molar-refractivity contribution in [1.29, 1.82) is 0 Å². The monoisotopic (exact) mass is 489 g/mol. The van der Waals surface area contributed by atoms with E-state index in [1.165, 1.54) is 7.11 Å². The first-order valence-corrected chi connectivity index (χ1v) is 11.7. The number of rotatable bonds is 9. The summed E-state index contributed by atoms with van der Waals surface area (Å²) in [7, 11) is 1.52. The predicted octanol–water partition coefficient (Wildman–Crippen LogP) is 7.10. The molecule has 4 nitrogen and oxygen atoms in total. The molecule has 4 aromatic rings. The second kappa shape index (κ2) is 11.3. The minimum Gasteiger partial charge on any atom is -0.486 e. The Morgan fingerprint density at radius 2 is 1.56 bits per heavy atom. The van der Waals surface area contributed by atoms with Gasteiger partial charge in [0.2, 0.25) is 0 Å². The van der Waals surface area contributed by atoms with Gasteiger partial charge in [-0.05, 0) is 72.9 Å². The highest BCUT2D eigenvalue weighted by Crippen LogP contribution is 2.33. The molecule has 0 unspecified atom stereocenters. The fourth-order valence-electron chi connectivity index (χ4n) is 4.10. The van der Waals surface area contributed by atoms with E-state index in [-0.39, 0.29) is 25.0 Å². The fraction of sp³-hybridized carbons (Fsp3) is 0.233. The van der Waals surface area contributed by atoms with E-state index in [2.05, 4.69) is 0 Å². The maximum atomic E-state index is 15.3. The summed E-state index contributed by atoms with van der Waals surface area (Å²) in [6.07, 6.45) is 0.374. The standard InChI is InChI=1S/C30H29F2NO3/c1-19-9-8-12-24(28(19)31)30-26(36-18-34-4)14-13-23(33-30)16-25-20(2)15-27(29(32)21(25)3)35-17-22-10-6-5-7-11-22/h5-15H,16-18H2,1-4H3. The van der Waals surface area contributed by atoms with Gasteiger partial charge in [0.25, 0.3) is 0 Å². The molecule has 186 valence electrons. The Morgan fingerprint density at radius 3 is 2.31 bits per heavy atom. The van der Waals surface area contributed by atoms with Crippen molar-refractivity contribution in [1.82, 2.24) is 4.98 Å². The topological polar surface area (TPSA) is 40.6 Å². The van der Waals surface area contributed by atoms with Gasteiger partial charge in [-0.2, -0.15) is 0 Å². The number of hydrogen-bond donors (Lipinski definition) is 0. The van der Waals surface area contributed by atoms with Crippen LogP contribution in [0.25, 0.3) is 11.3 Å². The Bertz CT molecular complexity index is 1360. The normalized spacial score (nSPS) is 10.9. The molecule has 0 spiro atoms. The summed E-state index contributed by atoms with van der Waals surface area (Å²) in [4.78, 5) is 4.73. The minimum absolute atomic E-state index is 0.00926. The Hall–Kier alpha value is -3.77. The highest BCUT2D eigenvalue weighted by atomic mass is 19.1. The zero-order valence-electron chi connectivity index (χ0n) is 20.9. The molecule has 0 atom stereocenters. The molecular formula is C30H29F2NO3. The average molecular weight is 490 g/mol. The van der Waals surface area contributed by atoms with Gasteiger partial charge in [-0.25, -0.2) is 13.8 Å². The van der Waals surface area contributed by atoms with Gasteiger partial charge < -0.3 is 14.2 Å². The van der Waals surface area contributed by atoms with E-state index in [1.807, 2.05) is 37.3 Å². The Labute approximate surface area is 210 Å². The third kappa shape index (κ3) is 5.55. The lowest BCUT2D eigenvalue weighted by atomic mass is 9.96. The molecule has 0 bridgehead atoms. The third-order valence-electron chi connectivity index (χ3n) is 6.11. The average Bonchev–Trinajstić information content (AvgIpc) is 2.89. The summed E-state index contributed by atoms with van der Waals surface area (Å²) < 4.78 is 46.7. The van der Waals surface area contributed by atoms with Crippen molar-refractivity contribution >= 4 is 0 Å². The van der Waals surface area contributed by atoms with Crippen molar-refractivity contribution in [3.05, 3.63) is 112 Å². The first kappa shape index (κ1) is 25.3. The van der Waals surface area contributed by atoms with E-state index in [9.17, 15) is 4.39 Å². The molecule has 0 radical (unpaired) electrons. The molecule has 0 aliphatic heterocycles. The van der Waals surface area contributed by atoms with Crippen LogP contribution in [0.5, 0.6) is 11.5 Å². The number of ether oxygens (including phenoxy) is 3. The summed E-state index contributed by atoms with van der Waals surface area (Å²) in [6.45, 7) is 5.66. The van der Waals surface area contributed by atoms with Crippen molar-refractivity contribution in [3.8, 4) is 22.8 Å². The second-order valence-electron chi connectivity index (χ2n) is 8.70. The quantitative estimate of drug-likeness (QED) is 0.235. The number of aryl methyl sites for hydroxylation is 2. The lowest BCUT2D eigenvalue weighted by Crippen LogP contribution is -2.06. The molecule has 1 aromatic heterocycles. The molecule has 0 N–H and O–H groups in total. The molecule has 36 heavy (non-hydrogen) atoms. The van der Waals surface area contributed by atoms with E-state index >= 15 is 4.39 Å². The van der Waals surface area contributed by atoms with Crippen molar-refractivity contribution in [2.75, 3.05) is 13.9 Å². The first-order chi connectivity index (χ1) is 17.4. The third-order valence-corrected chi connectivity index (χ3v) is 6.11. The number of halogens is 2. The molecule has 0 aliphatic rings. The van der Waals surface area contributed by atoms with E-state index in [1.54, 1.807) is 50.2 Å². The summed E-state index contributed by atoms with van der Waals surface area (Å²) in [5.41, 5.74) is 5.07. The van der Waals surface area contributed by atoms with Crippen molar-refractivity contribution < 1.29 is 23.0 Å². The molecule has 0 amide bonds. The summed E-state index contributed by atoms with van der Waals surface area (Å²) in [5, 5.41) is 0.